The highest BCUT2D eigenvalue weighted by Crippen LogP contribution is 1.92. The third-order valence-corrected chi connectivity index (χ3v) is 0.873. The van der Waals surface area contributed by atoms with E-state index in [1.54, 1.807) is 6.07 Å². The first-order valence-electron chi connectivity index (χ1n) is 2.33. The van der Waals surface area contributed by atoms with Gasteiger partial charge in [-0.05, 0) is 0 Å². The molecule has 0 rings (SSSR count). The van der Waals surface area contributed by atoms with Crippen molar-refractivity contribution >= 4 is 17.6 Å². The Kier molecular flexibility index (Phi) is 3.81. The summed E-state index contributed by atoms with van der Waals surface area (Å²) in [6.07, 6.45) is -0.802. The molecule has 0 saturated carbocycles. The molecule has 50 valence electrons. The van der Waals surface area contributed by atoms with Crippen LogP contribution in [0.5, 0.6) is 0 Å². The van der Waals surface area contributed by atoms with Crippen LogP contribution in [0.15, 0.2) is 0 Å². The quantitative estimate of drug-likeness (QED) is 0.426. The summed E-state index contributed by atoms with van der Waals surface area (Å²) >= 11 is 5.21. The van der Waals surface area contributed by atoms with Crippen molar-refractivity contribution in [1.29, 1.82) is 5.26 Å². The second-order valence-corrected chi connectivity index (χ2v) is 1.69. The average molecular weight is 148 g/mol. The zero-order chi connectivity index (χ0) is 7.28. The van der Waals surface area contributed by atoms with E-state index in [1.165, 1.54) is 6.92 Å². The second-order valence-electron chi connectivity index (χ2n) is 1.38. The summed E-state index contributed by atoms with van der Waals surface area (Å²) < 4.78 is 4.42. The van der Waals surface area contributed by atoms with Gasteiger partial charge in [-0.3, -0.25) is 4.79 Å². The smallest absolute Gasteiger partial charge is 0.303 e. The molecule has 9 heavy (non-hydrogen) atoms. The number of ether oxygens (including phenoxy) is 1. The van der Waals surface area contributed by atoms with E-state index in [0.29, 0.717) is 0 Å². The number of hydrogen-bond acceptors (Lipinski definition) is 3. The second kappa shape index (κ2) is 4.16. The van der Waals surface area contributed by atoms with Crippen LogP contribution >= 0.6 is 11.6 Å². The van der Waals surface area contributed by atoms with Crippen LogP contribution in [0.2, 0.25) is 0 Å². The Bertz CT molecular complexity index is 140. The van der Waals surface area contributed by atoms with Gasteiger partial charge in [0.05, 0.1) is 5.88 Å². The van der Waals surface area contributed by atoms with Crippen molar-refractivity contribution in [3.05, 3.63) is 0 Å². The molecule has 0 aliphatic heterocycles. The Hall–Kier alpha value is -0.750. The van der Waals surface area contributed by atoms with E-state index in [0.717, 1.165) is 0 Å². The number of esters is 1. The van der Waals surface area contributed by atoms with Crippen LogP contribution < -0.4 is 0 Å². The molecular weight excluding hydrogens is 142 g/mol. The number of hydrogen-bond donors (Lipinski definition) is 0. The highest BCUT2D eigenvalue weighted by molar-refractivity contribution is 6.18. The molecule has 0 spiro atoms. The molecule has 0 bridgehead atoms. The molecule has 0 saturated heterocycles. The molecule has 0 aromatic carbocycles. The number of carbonyl (C=O) groups is 1. The van der Waals surface area contributed by atoms with Crippen LogP contribution in [0.1, 0.15) is 6.92 Å². The fraction of sp³-hybridized carbons (Fsp3) is 0.600. The van der Waals surface area contributed by atoms with Gasteiger partial charge in [0.2, 0.25) is 6.10 Å². The van der Waals surface area contributed by atoms with E-state index >= 15 is 0 Å². The van der Waals surface area contributed by atoms with E-state index in [9.17, 15) is 4.79 Å². The summed E-state index contributed by atoms with van der Waals surface area (Å²) in [6, 6.07) is 1.71. The van der Waals surface area contributed by atoms with Gasteiger partial charge < -0.3 is 4.74 Å². The molecule has 0 radical (unpaired) electrons. The summed E-state index contributed by atoms with van der Waals surface area (Å²) in [7, 11) is 0. The first-order chi connectivity index (χ1) is 4.20. The van der Waals surface area contributed by atoms with Crippen LogP contribution in [-0.2, 0) is 9.53 Å². The van der Waals surface area contributed by atoms with Gasteiger partial charge in [-0.1, -0.05) is 0 Å². The van der Waals surface area contributed by atoms with Gasteiger partial charge in [0.1, 0.15) is 6.07 Å². The first-order valence-corrected chi connectivity index (χ1v) is 2.87. The van der Waals surface area contributed by atoms with Gasteiger partial charge in [0.25, 0.3) is 0 Å². The number of carbonyl (C=O) groups excluding carboxylic acids is 1. The van der Waals surface area contributed by atoms with Crippen molar-refractivity contribution in [2.75, 3.05) is 5.88 Å². The van der Waals surface area contributed by atoms with Crippen LogP contribution in [0, 0.1) is 11.3 Å². The SMILES string of the molecule is CC(=O)OC(C#N)CCl. The zero-order valence-corrected chi connectivity index (χ0v) is 5.68. The zero-order valence-electron chi connectivity index (χ0n) is 4.93. The molecule has 1 atom stereocenters. The van der Waals surface area contributed by atoms with Gasteiger partial charge in [-0.25, -0.2) is 0 Å². The maximum absolute atomic E-state index is 10.1. The molecule has 0 fully saturated rings. The first kappa shape index (κ1) is 8.25. The molecule has 0 amide bonds. The van der Waals surface area contributed by atoms with Gasteiger partial charge in [-0.15, -0.1) is 11.6 Å². The van der Waals surface area contributed by atoms with Crippen molar-refractivity contribution in [1.82, 2.24) is 0 Å². The molecule has 1 unspecified atom stereocenters. The summed E-state index contributed by atoms with van der Waals surface area (Å²) in [5, 5.41) is 8.16. The molecular formula is C5H6ClNO2. The van der Waals surface area contributed by atoms with Gasteiger partial charge in [0, 0.05) is 6.92 Å². The molecule has 0 aromatic rings. The summed E-state index contributed by atoms with van der Waals surface area (Å²) in [4.78, 5) is 10.1. The topological polar surface area (TPSA) is 50.1 Å². The molecule has 0 N–H and O–H groups in total. The fourth-order valence-corrected chi connectivity index (χ4v) is 0.425. The van der Waals surface area contributed by atoms with Crippen LogP contribution in [0.3, 0.4) is 0 Å². The standard InChI is InChI=1S/C5H6ClNO2/c1-4(8)9-5(2-6)3-7/h5H,2H2,1H3. The summed E-state index contributed by atoms with van der Waals surface area (Å²) in [5.74, 6) is -0.460. The third kappa shape index (κ3) is 3.80. The lowest BCUT2D eigenvalue weighted by Crippen LogP contribution is -2.15. The van der Waals surface area contributed by atoms with E-state index in [-0.39, 0.29) is 5.88 Å². The number of nitriles is 1. The lowest BCUT2D eigenvalue weighted by Gasteiger charge is -2.02. The number of alkyl halides is 1. The molecule has 0 heterocycles. The number of nitrogens with zero attached hydrogens (tertiary/aromatic N) is 1. The predicted molar refractivity (Wildman–Crippen MR) is 31.9 cm³/mol. The molecule has 4 heteroatoms. The lowest BCUT2D eigenvalue weighted by molar-refractivity contribution is -0.142. The van der Waals surface area contributed by atoms with E-state index in [2.05, 4.69) is 4.74 Å². The molecule has 0 aromatic heterocycles. The maximum atomic E-state index is 10.1. The fourth-order valence-electron chi connectivity index (χ4n) is 0.293. The van der Waals surface area contributed by atoms with Crippen molar-refractivity contribution in [3.63, 3.8) is 0 Å². The van der Waals surface area contributed by atoms with Crippen molar-refractivity contribution in [2.45, 2.75) is 13.0 Å². The summed E-state index contributed by atoms with van der Waals surface area (Å²) in [6.45, 7) is 1.23. The summed E-state index contributed by atoms with van der Waals surface area (Å²) in [5.41, 5.74) is 0. The molecule has 3 nitrogen and oxygen atoms in total. The van der Waals surface area contributed by atoms with Crippen molar-refractivity contribution in [2.24, 2.45) is 0 Å². The average Bonchev–Trinajstić information content (AvgIpc) is 1.82. The minimum absolute atomic E-state index is 0.0239. The minimum atomic E-state index is -0.802. The molecule has 0 aliphatic carbocycles. The third-order valence-electron chi connectivity index (χ3n) is 0.592. The van der Waals surface area contributed by atoms with Gasteiger partial charge in [0.15, 0.2) is 0 Å². The normalized spacial score (nSPS) is 11.7. The van der Waals surface area contributed by atoms with Crippen LogP contribution in [0.25, 0.3) is 0 Å². The monoisotopic (exact) mass is 147 g/mol. The Labute approximate surface area is 58.2 Å². The largest absolute Gasteiger partial charge is 0.446 e. The highest BCUT2D eigenvalue weighted by atomic mass is 35.5. The lowest BCUT2D eigenvalue weighted by atomic mass is 10.4. The van der Waals surface area contributed by atoms with Crippen LogP contribution in [0.4, 0.5) is 0 Å². The Morgan fingerprint density at radius 3 is 2.67 bits per heavy atom. The van der Waals surface area contributed by atoms with Crippen molar-refractivity contribution < 1.29 is 9.53 Å². The Morgan fingerprint density at radius 2 is 2.56 bits per heavy atom. The van der Waals surface area contributed by atoms with Gasteiger partial charge >= 0.3 is 5.97 Å². The van der Waals surface area contributed by atoms with E-state index < -0.39 is 12.1 Å². The minimum Gasteiger partial charge on any atom is -0.446 e. The maximum Gasteiger partial charge on any atom is 0.303 e. The van der Waals surface area contributed by atoms with Crippen LogP contribution in [-0.4, -0.2) is 18.0 Å². The van der Waals surface area contributed by atoms with Gasteiger partial charge in [-0.2, -0.15) is 5.26 Å². The predicted octanol–water partition coefficient (Wildman–Crippen LogP) is 0.680. The Balaban J connectivity index is 3.60. The van der Waals surface area contributed by atoms with E-state index in [4.69, 9.17) is 16.9 Å². The molecule has 0 aliphatic rings. The number of rotatable bonds is 2. The van der Waals surface area contributed by atoms with Crippen molar-refractivity contribution in [3.8, 4) is 6.07 Å². The van der Waals surface area contributed by atoms with E-state index in [1.807, 2.05) is 0 Å². The number of halogens is 1. The Morgan fingerprint density at radius 1 is 2.00 bits per heavy atom. The highest BCUT2D eigenvalue weighted by Gasteiger charge is 2.06.